The predicted octanol–water partition coefficient (Wildman–Crippen LogP) is 3.08. The van der Waals surface area contributed by atoms with Crippen molar-refractivity contribution in [2.45, 2.75) is 0 Å². The van der Waals surface area contributed by atoms with Crippen LogP contribution >= 0.6 is 0 Å². The lowest BCUT2D eigenvalue weighted by Crippen LogP contribution is -2.36. The average Bonchev–Trinajstić information content (AvgIpc) is 2.54. The largest absolute Gasteiger partial charge is 0.297 e. The minimum Gasteiger partial charge on any atom is -0.297 e. The quantitative estimate of drug-likeness (QED) is 0.740. The Bertz CT molecular complexity index is 840. The number of anilines is 1. The van der Waals surface area contributed by atoms with Crippen LogP contribution < -0.4 is 10.4 Å². The molecule has 0 aliphatic carbocycles. The topological polar surface area (TPSA) is 41.0 Å². The highest BCUT2D eigenvalue weighted by molar-refractivity contribution is 5.88. The Balaban J connectivity index is 1.90. The van der Waals surface area contributed by atoms with Crippen molar-refractivity contribution in [2.24, 2.45) is 0 Å². The summed E-state index contributed by atoms with van der Waals surface area (Å²) in [6.07, 6.45) is 2.05. The molecule has 0 bridgehead atoms. The molecule has 1 aliphatic rings. The van der Waals surface area contributed by atoms with Crippen molar-refractivity contribution in [2.75, 3.05) is 12.1 Å². The van der Waals surface area contributed by atoms with E-state index in [2.05, 4.69) is 22.5 Å². The number of fused-ring (bicyclic) bond motifs is 2. The van der Waals surface area contributed by atoms with Crippen molar-refractivity contribution in [3.63, 3.8) is 0 Å². The zero-order chi connectivity index (χ0) is 14.2. The Morgan fingerprint density at radius 1 is 0.857 bits per heavy atom. The molecule has 0 atom stereocenters. The molecule has 2 aromatic carbocycles. The number of hydrogen-bond donors (Lipinski definition) is 1. The number of benzene rings is 2. The summed E-state index contributed by atoms with van der Waals surface area (Å²) in [6, 6.07) is 18.1. The molecule has 4 heteroatoms. The molecule has 0 saturated carbocycles. The van der Waals surface area contributed by atoms with Gasteiger partial charge in [-0.2, -0.15) is 0 Å². The number of hydrazine groups is 1. The zero-order valence-electron chi connectivity index (χ0n) is 11.6. The first-order chi connectivity index (χ1) is 10.3. The number of para-hydroxylation sites is 2. The predicted molar refractivity (Wildman–Crippen MR) is 85.4 cm³/mol. The van der Waals surface area contributed by atoms with Gasteiger partial charge >= 0.3 is 0 Å². The van der Waals surface area contributed by atoms with E-state index in [0.717, 1.165) is 33.8 Å². The second kappa shape index (κ2) is 4.59. The lowest BCUT2D eigenvalue weighted by molar-refractivity contribution is 0.826. The molecular weight excluding hydrogens is 260 g/mol. The summed E-state index contributed by atoms with van der Waals surface area (Å²) in [6.45, 7) is 0. The summed E-state index contributed by atoms with van der Waals surface area (Å²) < 4.78 is 0. The van der Waals surface area contributed by atoms with E-state index in [-0.39, 0.29) is 0 Å². The van der Waals surface area contributed by atoms with Crippen LogP contribution in [0.4, 0.5) is 5.82 Å². The summed E-state index contributed by atoms with van der Waals surface area (Å²) >= 11 is 0. The lowest BCUT2D eigenvalue weighted by atomic mass is 10.1. The molecule has 1 aromatic heterocycles. The monoisotopic (exact) mass is 274 g/mol. The molecule has 21 heavy (non-hydrogen) atoms. The average molecular weight is 274 g/mol. The van der Waals surface area contributed by atoms with Gasteiger partial charge in [0.2, 0.25) is 0 Å². The van der Waals surface area contributed by atoms with Gasteiger partial charge in [-0.15, -0.1) is 0 Å². The van der Waals surface area contributed by atoms with Crippen LogP contribution in [-0.4, -0.2) is 17.0 Å². The van der Waals surface area contributed by atoms with Crippen LogP contribution in [0, 0.1) is 0 Å². The van der Waals surface area contributed by atoms with E-state index in [1.807, 2.05) is 60.6 Å². The van der Waals surface area contributed by atoms with Crippen LogP contribution in [0.15, 0.2) is 54.6 Å². The second-order valence-electron chi connectivity index (χ2n) is 5.02. The molecule has 0 unspecified atom stereocenters. The number of nitrogens with one attached hydrogen (secondary N) is 1. The van der Waals surface area contributed by atoms with Gasteiger partial charge in [-0.25, -0.2) is 9.97 Å². The second-order valence-corrected chi connectivity index (χ2v) is 5.02. The Kier molecular flexibility index (Phi) is 2.60. The van der Waals surface area contributed by atoms with Gasteiger partial charge in [0, 0.05) is 7.05 Å². The fraction of sp³-hybridized carbons (Fsp3) is 0.0588. The highest BCUT2D eigenvalue weighted by atomic mass is 15.5. The van der Waals surface area contributed by atoms with E-state index in [1.54, 1.807) is 0 Å². The fourth-order valence-electron chi connectivity index (χ4n) is 2.52. The molecule has 102 valence electrons. The number of nitrogens with zero attached hydrogens (tertiary/aromatic N) is 3. The van der Waals surface area contributed by atoms with Crippen molar-refractivity contribution < 1.29 is 0 Å². The van der Waals surface area contributed by atoms with E-state index >= 15 is 0 Å². The molecule has 0 spiro atoms. The zero-order valence-corrected chi connectivity index (χ0v) is 11.6. The first kappa shape index (κ1) is 11.9. The number of aromatic nitrogens is 2. The molecule has 1 aliphatic heterocycles. The summed E-state index contributed by atoms with van der Waals surface area (Å²) in [4.78, 5) is 9.40. The van der Waals surface area contributed by atoms with E-state index in [9.17, 15) is 0 Å². The van der Waals surface area contributed by atoms with Gasteiger partial charge in [0.05, 0.1) is 16.7 Å². The first-order valence-electron chi connectivity index (χ1n) is 6.85. The van der Waals surface area contributed by atoms with Crippen LogP contribution in [0.5, 0.6) is 0 Å². The van der Waals surface area contributed by atoms with Crippen LogP contribution in [0.1, 0.15) is 11.3 Å². The Hall–Kier alpha value is -2.88. The minimum absolute atomic E-state index is 0.841. The Morgan fingerprint density at radius 3 is 2.29 bits per heavy atom. The summed E-state index contributed by atoms with van der Waals surface area (Å²) in [7, 11) is 1.96. The smallest absolute Gasteiger partial charge is 0.173 e. The molecule has 2 heterocycles. The summed E-state index contributed by atoms with van der Waals surface area (Å²) in [5.74, 6) is 0.841. The molecule has 0 fully saturated rings. The van der Waals surface area contributed by atoms with Gasteiger partial charge in [-0.3, -0.25) is 10.4 Å². The number of rotatable bonds is 1. The van der Waals surface area contributed by atoms with E-state index < -0.39 is 0 Å². The third-order valence-electron chi connectivity index (χ3n) is 3.55. The Morgan fingerprint density at radius 2 is 1.52 bits per heavy atom. The van der Waals surface area contributed by atoms with Gasteiger partial charge in [-0.1, -0.05) is 42.5 Å². The molecular formula is C17H14N4. The highest BCUT2D eigenvalue weighted by Crippen LogP contribution is 2.27. The minimum atomic E-state index is 0.841. The molecule has 0 radical (unpaired) electrons. The standard InChI is InChI=1S/C17H14N4/c1-21-17-16(18-13-9-5-6-10-14(13)19-17)11-15(20-21)12-7-3-2-4-8-12/h2-11,20H,1H3. The fourth-order valence-corrected chi connectivity index (χ4v) is 2.52. The van der Waals surface area contributed by atoms with Gasteiger partial charge in [-0.05, 0) is 23.8 Å². The third-order valence-corrected chi connectivity index (χ3v) is 3.55. The maximum Gasteiger partial charge on any atom is 0.173 e. The number of hydrogen-bond acceptors (Lipinski definition) is 4. The van der Waals surface area contributed by atoms with Crippen LogP contribution in [0.3, 0.4) is 0 Å². The first-order valence-corrected chi connectivity index (χ1v) is 6.85. The molecule has 0 amide bonds. The van der Waals surface area contributed by atoms with Crippen molar-refractivity contribution in [1.82, 2.24) is 15.4 Å². The van der Waals surface area contributed by atoms with E-state index in [0.29, 0.717) is 0 Å². The van der Waals surface area contributed by atoms with Gasteiger partial charge in [0.1, 0.15) is 5.69 Å². The normalized spacial score (nSPS) is 13.6. The SMILES string of the molecule is CN1NC(c2ccccc2)=Cc2nc3ccccc3nc21. The van der Waals surface area contributed by atoms with E-state index in [1.165, 1.54) is 0 Å². The van der Waals surface area contributed by atoms with Crippen molar-refractivity contribution in [1.29, 1.82) is 0 Å². The van der Waals surface area contributed by atoms with Crippen LogP contribution in [-0.2, 0) is 0 Å². The van der Waals surface area contributed by atoms with E-state index in [4.69, 9.17) is 4.98 Å². The third kappa shape index (κ3) is 2.01. The van der Waals surface area contributed by atoms with Gasteiger partial charge < -0.3 is 0 Å². The van der Waals surface area contributed by atoms with Crippen LogP contribution in [0.25, 0.3) is 22.8 Å². The van der Waals surface area contributed by atoms with Crippen molar-refractivity contribution in [3.05, 3.63) is 65.9 Å². The highest BCUT2D eigenvalue weighted by Gasteiger charge is 2.18. The molecule has 1 N–H and O–H groups in total. The summed E-state index contributed by atoms with van der Waals surface area (Å²) in [5.41, 5.74) is 8.20. The van der Waals surface area contributed by atoms with Crippen molar-refractivity contribution in [3.8, 4) is 0 Å². The summed E-state index contributed by atoms with van der Waals surface area (Å²) in [5, 5.41) is 1.91. The molecule has 0 saturated heterocycles. The van der Waals surface area contributed by atoms with Gasteiger partial charge in [0.15, 0.2) is 5.82 Å². The lowest BCUT2D eigenvalue weighted by Gasteiger charge is -2.28. The molecule has 3 aromatic rings. The molecule has 4 rings (SSSR count). The Labute approximate surface area is 122 Å². The van der Waals surface area contributed by atoms with Crippen LogP contribution in [0.2, 0.25) is 0 Å². The van der Waals surface area contributed by atoms with Crippen molar-refractivity contribution >= 4 is 28.6 Å². The maximum atomic E-state index is 4.72. The van der Waals surface area contributed by atoms with Gasteiger partial charge in [0.25, 0.3) is 0 Å². The maximum absolute atomic E-state index is 4.72. The molecule has 4 nitrogen and oxygen atoms in total.